The smallest absolute Gasteiger partial charge is 0.0931 e. The van der Waals surface area contributed by atoms with E-state index in [-0.39, 0.29) is 0 Å². The molecule has 2 rings (SSSR count). The van der Waals surface area contributed by atoms with Crippen LogP contribution in [0.5, 0.6) is 0 Å². The Kier molecular flexibility index (Phi) is 6.29. The van der Waals surface area contributed by atoms with Gasteiger partial charge in [0.2, 0.25) is 0 Å². The minimum Gasteiger partial charge on any atom is -0.345 e. The van der Waals surface area contributed by atoms with E-state index in [2.05, 4.69) is 32.7 Å². The van der Waals surface area contributed by atoms with Gasteiger partial charge >= 0.3 is 0 Å². The zero-order chi connectivity index (χ0) is 12.5. The molecular formula is C13H22N4. The van der Waals surface area contributed by atoms with Crippen LogP contribution in [0.15, 0.2) is 24.5 Å². The number of aromatic nitrogens is 2. The number of hydrogen-bond acceptors (Lipinski definition) is 3. The average Bonchev–Trinajstić information content (AvgIpc) is 2.84. The van der Waals surface area contributed by atoms with Gasteiger partial charge in [0, 0.05) is 19.6 Å². The van der Waals surface area contributed by atoms with Crippen LogP contribution in [0.2, 0.25) is 0 Å². The lowest BCUT2D eigenvalue weighted by Gasteiger charge is -2.04. The van der Waals surface area contributed by atoms with E-state index in [1.54, 1.807) is 6.33 Å². The third-order valence-corrected chi connectivity index (χ3v) is 2.37. The summed E-state index contributed by atoms with van der Waals surface area (Å²) in [4.78, 5) is 7.29. The van der Waals surface area contributed by atoms with Crippen molar-refractivity contribution in [1.82, 2.24) is 20.6 Å². The van der Waals surface area contributed by atoms with E-state index in [9.17, 15) is 0 Å². The second-order valence-corrected chi connectivity index (χ2v) is 3.53. The highest BCUT2D eigenvalue weighted by Gasteiger charge is 1.97. The van der Waals surface area contributed by atoms with Gasteiger partial charge in [0.25, 0.3) is 0 Å². The van der Waals surface area contributed by atoms with Gasteiger partial charge in [0.15, 0.2) is 0 Å². The van der Waals surface area contributed by atoms with Crippen LogP contribution in [0.3, 0.4) is 0 Å². The molecule has 0 saturated carbocycles. The Hall–Kier alpha value is -1.39. The van der Waals surface area contributed by atoms with E-state index < -0.39 is 0 Å². The molecule has 0 amide bonds. The van der Waals surface area contributed by atoms with Crippen LogP contribution in [0.25, 0.3) is 11.0 Å². The summed E-state index contributed by atoms with van der Waals surface area (Å²) < 4.78 is 0. The Morgan fingerprint density at radius 2 is 2.06 bits per heavy atom. The molecule has 0 fully saturated rings. The maximum Gasteiger partial charge on any atom is 0.0931 e. The van der Waals surface area contributed by atoms with Gasteiger partial charge < -0.3 is 15.6 Å². The van der Waals surface area contributed by atoms with Crippen molar-refractivity contribution >= 4 is 11.0 Å². The van der Waals surface area contributed by atoms with E-state index in [4.69, 9.17) is 0 Å². The Balaban J connectivity index is 0.000000686. The molecule has 4 heteroatoms. The number of likely N-dealkylation sites (N-methyl/N-ethyl adjacent to an activating group) is 1. The summed E-state index contributed by atoms with van der Waals surface area (Å²) in [6, 6.07) is 6.28. The third-order valence-electron chi connectivity index (χ3n) is 2.37. The molecule has 1 aromatic heterocycles. The average molecular weight is 234 g/mol. The molecule has 4 nitrogen and oxygen atoms in total. The predicted molar refractivity (Wildman–Crippen MR) is 73.1 cm³/mol. The summed E-state index contributed by atoms with van der Waals surface area (Å²) in [5.41, 5.74) is 3.40. The van der Waals surface area contributed by atoms with Crippen LogP contribution < -0.4 is 10.6 Å². The summed E-state index contributed by atoms with van der Waals surface area (Å²) in [5.74, 6) is 0. The highest BCUT2D eigenvalue weighted by molar-refractivity contribution is 5.74. The zero-order valence-electron chi connectivity index (χ0n) is 10.9. The summed E-state index contributed by atoms with van der Waals surface area (Å²) in [7, 11) is 1.96. The largest absolute Gasteiger partial charge is 0.345 e. The third kappa shape index (κ3) is 4.17. The predicted octanol–water partition coefficient (Wildman–Crippen LogP) is 1.90. The number of rotatable bonds is 5. The first-order chi connectivity index (χ1) is 8.40. The Morgan fingerprint density at radius 3 is 2.82 bits per heavy atom. The van der Waals surface area contributed by atoms with Gasteiger partial charge in [-0.05, 0) is 24.7 Å². The van der Waals surface area contributed by atoms with Gasteiger partial charge in [0.05, 0.1) is 17.4 Å². The van der Waals surface area contributed by atoms with Crippen molar-refractivity contribution in [3.05, 3.63) is 30.1 Å². The van der Waals surface area contributed by atoms with Gasteiger partial charge in [-0.25, -0.2) is 4.98 Å². The number of nitrogens with zero attached hydrogens (tertiary/aromatic N) is 1. The molecule has 0 saturated heterocycles. The zero-order valence-corrected chi connectivity index (χ0v) is 10.9. The molecule has 17 heavy (non-hydrogen) atoms. The molecule has 0 aliphatic rings. The maximum absolute atomic E-state index is 4.18. The van der Waals surface area contributed by atoms with Crippen LogP contribution in [-0.2, 0) is 6.54 Å². The van der Waals surface area contributed by atoms with E-state index in [1.165, 1.54) is 5.56 Å². The molecule has 94 valence electrons. The van der Waals surface area contributed by atoms with Crippen molar-refractivity contribution < 1.29 is 0 Å². The Bertz CT molecular complexity index is 422. The second kappa shape index (κ2) is 7.81. The quantitative estimate of drug-likeness (QED) is 0.693. The molecule has 0 spiro atoms. The van der Waals surface area contributed by atoms with E-state index in [1.807, 2.05) is 27.0 Å². The lowest BCUT2D eigenvalue weighted by atomic mass is 10.2. The summed E-state index contributed by atoms with van der Waals surface area (Å²) in [5, 5.41) is 6.46. The van der Waals surface area contributed by atoms with Gasteiger partial charge in [0.1, 0.15) is 0 Å². The minimum absolute atomic E-state index is 0.899. The first-order valence-corrected chi connectivity index (χ1v) is 6.17. The fraction of sp³-hybridized carbons (Fsp3) is 0.462. The number of aromatic amines is 1. The molecule has 0 unspecified atom stereocenters. The lowest BCUT2D eigenvalue weighted by molar-refractivity contribution is 0.651. The van der Waals surface area contributed by atoms with E-state index >= 15 is 0 Å². The van der Waals surface area contributed by atoms with Crippen LogP contribution in [0.4, 0.5) is 0 Å². The first-order valence-electron chi connectivity index (χ1n) is 6.17. The number of H-pyrrole nitrogens is 1. The summed E-state index contributed by atoms with van der Waals surface area (Å²) in [6.45, 7) is 6.88. The highest BCUT2D eigenvalue weighted by atomic mass is 14.9. The first kappa shape index (κ1) is 13.7. The van der Waals surface area contributed by atoms with Crippen molar-refractivity contribution in [2.45, 2.75) is 20.4 Å². The molecule has 0 aliphatic carbocycles. The fourth-order valence-electron chi connectivity index (χ4n) is 1.54. The summed E-state index contributed by atoms with van der Waals surface area (Å²) >= 11 is 0. The van der Waals surface area contributed by atoms with E-state index in [0.717, 1.165) is 30.7 Å². The SMILES string of the molecule is CC.CNCCNCc1ccc2nc[nH]c2c1. The van der Waals surface area contributed by atoms with Gasteiger partial charge in [-0.3, -0.25) is 0 Å². The molecule has 1 heterocycles. The number of imidazole rings is 1. The monoisotopic (exact) mass is 234 g/mol. The lowest BCUT2D eigenvalue weighted by Crippen LogP contribution is -2.24. The van der Waals surface area contributed by atoms with E-state index in [0.29, 0.717) is 0 Å². The molecule has 1 aromatic carbocycles. The molecule has 0 bridgehead atoms. The van der Waals surface area contributed by atoms with Crippen molar-refractivity contribution in [2.24, 2.45) is 0 Å². The standard InChI is InChI=1S/C11H16N4.C2H6/c1-12-4-5-13-7-9-2-3-10-11(6-9)15-8-14-10;1-2/h2-3,6,8,12-13H,4-5,7H2,1H3,(H,14,15);1-2H3. The fourth-order valence-corrected chi connectivity index (χ4v) is 1.54. The molecule has 0 atom stereocenters. The second-order valence-electron chi connectivity index (χ2n) is 3.53. The number of nitrogens with one attached hydrogen (secondary N) is 3. The van der Waals surface area contributed by atoms with Crippen LogP contribution >= 0.6 is 0 Å². The van der Waals surface area contributed by atoms with Crippen molar-refractivity contribution in [3.8, 4) is 0 Å². The van der Waals surface area contributed by atoms with Crippen LogP contribution in [0, 0.1) is 0 Å². The normalized spacial score (nSPS) is 10.1. The van der Waals surface area contributed by atoms with Crippen LogP contribution in [-0.4, -0.2) is 30.1 Å². The molecule has 0 radical (unpaired) electrons. The Labute approximate surface area is 103 Å². The molecule has 3 N–H and O–H groups in total. The Morgan fingerprint density at radius 1 is 1.24 bits per heavy atom. The molecular weight excluding hydrogens is 212 g/mol. The number of fused-ring (bicyclic) bond motifs is 1. The summed E-state index contributed by atoms with van der Waals surface area (Å²) in [6.07, 6.45) is 1.73. The van der Waals surface area contributed by atoms with Crippen molar-refractivity contribution in [2.75, 3.05) is 20.1 Å². The topological polar surface area (TPSA) is 52.7 Å². The van der Waals surface area contributed by atoms with Crippen molar-refractivity contribution in [3.63, 3.8) is 0 Å². The molecule has 2 aromatic rings. The van der Waals surface area contributed by atoms with Gasteiger partial charge in [-0.15, -0.1) is 0 Å². The maximum atomic E-state index is 4.18. The number of hydrogen-bond donors (Lipinski definition) is 3. The van der Waals surface area contributed by atoms with Crippen molar-refractivity contribution in [1.29, 1.82) is 0 Å². The van der Waals surface area contributed by atoms with Gasteiger partial charge in [-0.1, -0.05) is 19.9 Å². The minimum atomic E-state index is 0.899. The molecule has 0 aliphatic heterocycles. The highest BCUT2D eigenvalue weighted by Crippen LogP contribution is 2.10. The van der Waals surface area contributed by atoms with Crippen LogP contribution in [0.1, 0.15) is 19.4 Å². The number of benzene rings is 1. The van der Waals surface area contributed by atoms with Gasteiger partial charge in [-0.2, -0.15) is 0 Å².